The van der Waals surface area contributed by atoms with E-state index in [9.17, 15) is 13.2 Å². The van der Waals surface area contributed by atoms with Crippen molar-refractivity contribution in [1.82, 2.24) is 9.97 Å². The fraction of sp³-hybridized carbons (Fsp3) is 0.130. The van der Waals surface area contributed by atoms with Crippen LogP contribution in [0.25, 0.3) is 22.2 Å². The van der Waals surface area contributed by atoms with Gasteiger partial charge in [-0.1, -0.05) is 36.7 Å². The number of fused-ring (bicyclic) bond motifs is 1. The van der Waals surface area contributed by atoms with E-state index in [1.807, 2.05) is 18.2 Å². The van der Waals surface area contributed by atoms with E-state index in [2.05, 4.69) is 30.6 Å². The summed E-state index contributed by atoms with van der Waals surface area (Å²) in [5, 5.41) is 1.31. The molecule has 0 radical (unpaired) electrons. The van der Waals surface area contributed by atoms with Crippen LogP contribution in [0.1, 0.15) is 29.3 Å². The van der Waals surface area contributed by atoms with Crippen molar-refractivity contribution in [3.63, 3.8) is 0 Å². The van der Waals surface area contributed by atoms with Gasteiger partial charge < -0.3 is 4.98 Å². The Morgan fingerprint density at radius 2 is 1.88 bits per heavy atom. The molecule has 0 aliphatic carbocycles. The molecule has 0 fully saturated rings. The van der Waals surface area contributed by atoms with Crippen LogP contribution in [0.15, 0.2) is 65.4 Å². The van der Waals surface area contributed by atoms with Gasteiger partial charge in [0.15, 0.2) is 5.78 Å². The molecule has 0 bridgehead atoms. The van der Waals surface area contributed by atoms with Crippen molar-refractivity contribution in [2.75, 3.05) is 10.5 Å². The maximum atomic E-state index is 13.4. The molecule has 0 unspecified atom stereocenters. The minimum absolute atomic E-state index is 0.000787. The predicted octanol–water partition coefficient (Wildman–Crippen LogP) is 6.03. The molecule has 2 aromatic carbocycles. The van der Waals surface area contributed by atoms with Crippen molar-refractivity contribution < 1.29 is 13.2 Å². The summed E-state index contributed by atoms with van der Waals surface area (Å²) in [6, 6.07) is 14.2. The average molecular weight is 533 g/mol. The number of anilines is 1. The van der Waals surface area contributed by atoms with Crippen LogP contribution in [0, 0.1) is 0 Å². The Balaban J connectivity index is 1.73. The number of ketones is 1. The number of hydrogen-bond acceptors (Lipinski definition) is 4. The molecule has 4 rings (SSSR count). The maximum absolute atomic E-state index is 13.4. The third-order valence-electron chi connectivity index (χ3n) is 4.93. The topological polar surface area (TPSA) is 91.9 Å². The molecule has 2 heterocycles. The van der Waals surface area contributed by atoms with Crippen molar-refractivity contribution in [3.8, 4) is 11.1 Å². The van der Waals surface area contributed by atoms with E-state index in [-0.39, 0.29) is 11.5 Å². The number of sulfonamides is 1. The standard InChI is InChI=1S/C23H19BrClN3O3S/c1-2-10-32(30,31)28-20-5-3-4-17(21(20)24)22(29)19-13-27-23-18(19)11-15(12-26-23)14-6-8-16(25)9-7-14/h3-9,11-13,28H,2,10H2,1H3,(H,26,27). The first-order valence-corrected chi connectivity index (χ1v) is 12.7. The second-order valence-electron chi connectivity index (χ2n) is 7.25. The number of halogens is 2. The number of H-pyrrole nitrogens is 1. The smallest absolute Gasteiger partial charge is 0.232 e. The number of nitrogens with zero attached hydrogens (tertiary/aromatic N) is 1. The zero-order valence-corrected chi connectivity index (χ0v) is 20.2. The van der Waals surface area contributed by atoms with Crippen molar-refractivity contribution in [3.05, 3.63) is 81.5 Å². The molecule has 0 spiro atoms. The molecule has 0 saturated heterocycles. The highest BCUT2D eigenvalue weighted by Gasteiger charge is 2.21. The van der Waals surface area contributed by atoms with E-state index >= 15 is 0 Å². The molecule has 0 saturated carbocycles. The first-order chi connectivity index (χ1) is 15.3. The highest BCUT2D eigenvalue weighted by atomic mass is 79.9. The molecule has 0 aliphatic heterocycles. The number of nitrogens with one attached hydrogen (secondary N) is 2. The lowest BCUT2D eigenvalue weighted by molar-refractivity contribution is 0.103. The van der Waals surface area contributed by atoms with Gasteiger partial charge in [-0.15, -0.1) is 0 Å². The van der Waals surface area contributed by atoms with Gasteiger partial charge in [0, 0.05) is 39.5 Å². The van der Waals surface area contributed by atoms with Gasteiger partial charge in [-0.25, -0.2) is 13.4 Å². The van der Waals surface area contributed by atoms with Crippen LogP contribution in [0.4, 0.5) is 5.69 Å². The predicted molar refractivity (Wildman–Crippen MR) is 132 cm³/mol. The van der Waals surface area contributed by atoms with Crippen LogP contribution in [-0.4, -0.2) is 29.9 Å². The SMILES string of the molecule is CCCS(=O)(=O)Nc1cccc(C(=O)c2c[nH]c3ncc(-c4ccc(Cl)cc4)cc23)c1Br. The Bertz CT molecular complexity index is 1420. The average Bonchev–Trinajstić information content (AvgIpc) is 3.18. The van der Waals surface area contributed by atoms with Crippen molar-refractivity contribution in [2.45, 2.75) is 13.3 Å². The van der Waals surface area contributed by atoms with Gasteiger partial charge >= 0.3 is 0 Å². The zero-order chi connectivity index (χ0) is 22.9. The van der Waals surface area contributed by atoms with Gasteiger partial charge in [-0.2, -0.15) is 0 Å². The Hall–Kier alpha value is -2.68. The second-order valence-corrected chi connectivity index (χ2v) is 10.3. The highest BCUT2D eigenvalue weighted by Crippen LogP contribution is 2.32. The maximum Gasteiger partial charge on any atom is 0.232 e. The number of hydrogen-bond donors (Lipinski definition) is 2. The van der Waals surface area contributed by atoms with Gasteiger partial charge in [-0.3, -0.25) is 9.52 Å². The number of aromatic amines is 1. The van der Waals surface area contributed by atoms with E-state index in [0.29, 0.717) is 43.8 Å². The number of rotatable bonds is 7. The molecule has 0 atom stereocenters. The van der Waals surface area contributed by atoms with E-state index in [0.717, 1.165) is 11.1 Å². The summed E-state index contributed by atoms with van der Waals surface area (Å²) in [6.07, 6.45) is 3.84. The van der Waals surface area contributed by atoms with E-state index in [4.69, 9.17) is 11.6 Å². The molecule has 4 aromatic rings. The van der Waals surface area contributed by atoms with Crippen LogP contribution in [-0.2, 0) is 10.0 Å². The number of aromatic nitrogens is 2. The molecule has 32 heavy (non-hydrogen) atoms. The quantitative estimate of drug-likeness (QED) is 0.284. The lowest BCUT2D eigenvalue weighted by atomic mass is 10.0. The van der Waals surface area contributed by atoms with Gasteiger partial charge in [0.2, 0.25) is 10.0 Å². The third-order valence-corrected chi connectivity index (χ3v) is 7.52. The van der Waals surface area contributed by atoms with Gasteiger partial charge in [0.1, 0.15) is 5.65 Å². The molecule has 0 aliphatic rings. The Morgan fingerprint density at radius 3 is 2.59 bits per heavy atom. The molecule has 6 nitrogen and oxygen atoms in total. The van der Waals surface area contributed by atoms with Gasteiger partial charge in [-0.05, 0) is 58.2 Å². The summed E-state index contributed by atoms with van der Waals surface area (Å²) in [5.74, 6) is -0.256. The molecule has 2 N–H and O–H groups in total. The lowest BCUT2D eigenvalue weighted by Crippen LogP contribution is -2.17. The fourth-order valence-corrected chi connectivity index (χ4v) is 5.36. The molecule has 2 aromatic heterocycles. The summed E-state index contributed by atoms with van der Waals surface area (Å²) in [4.78, 5) is 20.9. The monoisotopic (exact) mass is 531 g/mol. The molecule has 9 heteroatoms. The molecular weight excluding hydrogens is 514 g/mol. The van der Waals surface area contributed by atoms with Crippen molar-refractivity contribution in [1.29, 1.82) is 0 Å². The van der Waals surface area contributed by atoms with E-state index in [1.54, 1.807) is 49.6 Å². The van der Waals surface area contributed by atoms with Crippen LogP contribution >= 0.6 is 27.5 Å². The van der Waals surface area contributed by atoms with Crippen molar-refractivity contribution >= 4 is 60.1 Å². The van der Waals surface area contributed by atoms with Crippen LogP contribution in [0.5, 0.6) is 0 Å². The molecular formula is C23H19BrClN3O3S. The Morgan fingerprint density at radius 1 is 1.12 bits per heavy atom. The fourth-order valence-electron chi connectivity index (χ4n) is 3.41. The van der Waals surface area contributed by atoms with Gasteiger partial charge in [0.25, 0.3) is 0 Å². The second kappa shape index (κ2) is 9.05. The van der Waals surface area contributed by atoms with E-state index < -0.39 is 10.0 Å². The first kappa shape index (κ1) is 22.5. The minimum Gasteiger partial charge on any atom is -0.345 e. The molecule has 164 valence electrons. The van der Waals surface area contributed by atoms with Crippen LogP contribution < -0.4 is 4.72 Å². The van der Waals surface area contributed by atoms with E-state index in [1.165, 1.54) is 0 Å². The largest absolute Gasteiger partial charge is 0.345 e. The van der Waals surface area contributed by atoms with Crippen LogP contribution in [0.2, 0.25) is 5.02 Å². The number of carbonyl (C=O) groups excluding carboxylic acids is 1. The van der Waals surface area contributed by atoms with Crippen molar-refractivity contribution in [2.24, 2.45) is 0 Å². The Labute approximate surface area is 199 Å². The summed E-state index contributed by atoms with van der Waals surface area (Å²) < 4.78 is 27.3. The molecule has 0 amide bonds. The van der Waals surface area contributed by atoms with Gasteiger partial charge in [0.05, 0.1) is 15.9 Å². The number of carbonyl (C=O) groups is 1. The lowest BCUT2D eigenvalue weighted by Gasteiger charge is -2.12. The summed E-state index contributed by atoms with van der Waals surface area (Å²) in [6.45, 7) is 1.79. The summed E-state index contributed by atoms with van der Waals surface area (Å²) in [5.41, 5.74) is 3.48. The summed E-state index contributed by atoms with van der Waals surface area (Å²) in [7, 11) is -3.49. The van der Waals surface area contributed by atoms with Crippen LogP contribution in [0.3, 0.4) is 0 Å². The first-order valence-electron chi connectivity index (χ1n) is 9.86. The Kier molecular flexibility index (Phi) is 6.37. The zero-order valence-electron chi connectivity index (χ0n) is 17.0. The minimum atomic E-state index is -3.49. The third kappa shape index (κ3) is 4.57. The normalized spacial score (nSPS) is 11.6. The number of benzene rings is 2. The highest BCUT2D eigenvalue weighted by molar-refractivity contribution is 9.10. The summed E-state index contributed by atoms with van der Waals surface area (Å²) >= 11 is 9.39. The number of pyridine rings is 1.